The van der Waals surface area contributed by atoms with Gasteiger partial charge >= 0.3 is 0 Å². The normalized spacial score (nSPS) is 18.2. The Morgan fingerprint density at radius 1 is 1.50 bits per heavy atom. The highest BCUT2D eigenvalue weighted by Crippen LogP contribution is 2.07. The Labute approximate surface area is 47.6 Å². The van der Waals surface area contributed by atoms with Gasteiger partial charge in [0.1, 0.15) is 0 Å². The van der Waals surface area contributed by atoms with E-state index in [-0.39, 0.29) is 0 Å². The lowest BCUT2D eigenvalue weighted by atomic mass is 10.3. The summed E-state index contributed by atoms with van der Waals surface area (Å²) in [5.41, 5.74) is 0.352. The number of hydrogen-bond donors (Lipinski definition) is 1. The predicted octanol–water partition coefficient (Wildman–Crippen LogP) is -1.74. The Balaban J connectivity index is 2.58. The van der Waals surface area contributed by atoms with Crippen LogP contribution in [0.4, 0.5) is 0 Å². The molecule has 1 fully saturated rings. The highest BCUT2D eigenvalue weighted by Gasteiger charge is 2.00. The van der Waals surface area contributed by atoms with Gasteiger partial charge in [0.15, 0.2) is 0 Å². The maximum Gasteiger partial charge on any atom is 0.0147 e. The summed E-state index contributed by atoms with van der Waals surface area (Å²) in [5, 5.41) is 22.7. The molecule has 0 aromatic carbocycles. The van der Waals surface area contributed by atoms with Crippen LogP contribution in [0.1, 0.15) is 12.8 Å². The zero-order valence-corrected chi connectivity index (χ0v) is 4.44. The van der Waals surface area contributed by atoms with Crippen LogP contribution < -0.4 is 15.5 Å². The molecule has 46 valence electrons. The van der Waals surface area contributed by atoms with Crippen LogP contribution in [0.5, 0.6) is 0 Å². The maximum atomic E-state index is 9.99. The van der Waals surface area contributed by atoms with Crippen molar-refractivity contribution >= 4 is 0 Å². The van der Waals surface area contributed by atoms with Gasteiger partial charge in [-0.3, -0.25) is 0 Å². The third kappa shape index (κ3) is 0.857. The van der Waals surface area contributed by atoms with E-state index in [9.17, 15) is 10.2 Å². The molecule has 0 bridgehead atoms. The van der Waals surface area contributed by atoms with E-state index in [1.54, 1.807) is 0 Å². The Bertz CT molecular complexity index is 108. The Kier molecular flexibility index (Phi) is 1.28. The molecule has 0 saturated carbocycles. The largest absolute Gasteiger partial charge is 0.883 e. The molecule has 0 radical (unpaired) electrons. The van der Waals surface area contributed by atoms with Crippen molar-refractivity contribution in [1.82, 2.24) is 5.32 Å². The molecule has 0 spiro atoms. The van der Waals surface area contributed by atoms with E-state index >= 15 is 0 Å². The van der Waals surface area contributed by atoms with Crippen molar-refractivity contribution in [2.75, 3.05) is 6.54 Å². The molecule has 0 amide bonds. The standard InChI is InChI=1S/C5H9NO2/c7-5(8)4-2-1-3-6-4/h6-8H,1-3H2/p-2. The molecule has 1 aliphatic heterocycles. The predicted molar refractivity (Wildman–Crippen MR) is 24.3 cm³/mol. The lowest BCUT2D eigenvalue weighted by Gasteiger charge is -2.20. The van der Waals surface area contributed by atoms with Crippen molar-refractivity contribution in [3.8, 4) is 0 Å². The van der Waals surface area contributed by atoms with E-state index in [1.807, 2.05) is 0 Å². The lowest BCUT2D eigenvalue weighted by Crippen LogP contribution is -2.24. The quantitative estimate of drug-likeness (QED) is 0.379. The molecule has 1 saturated heterocycles. The molecule has 0 aliphatic carbocycles. The fourth-order valence-corrected chi connectivity index (χ4v) is 0.767. The molecule has 3 nitrogen and oxygen atoms in total. The summed E-state index contributed by atoms with van der Waals surface area (Å²) in [6, 6.07) is 0. The third-order valence-corrected chi connectivity index (χ3v) is 1.19. The first-order valence-corrected chi connectivity index (χ1v) is 2.62. The van der Waals surface area contributed by atoms with E-state index < -0.39 is 5.95 Å². The van der Waals surface area contributed by atoms with Crippen LogP contribution in [-0.4, -0.2) is 6.54 Å². The summed E-state index contributed by atoms with van der Waals surface area (Å²) in [7, 11) is 0. The second kappa shape index (κ2) is 1.94. The average molecular weight is 113 g/mol. The third-order valence-electron chi connectivity index (χ3n) is 1.19. The minimum atomic E-state index is -1.05. The van der Waals surface area contributed by atoms with Gasteiger partial charge in [-0.15, -0.1) is 0 Å². The van der Waals surface area contributed by atoms with E-state index in [0.29, 0.717) is 12.1 Å². The van der Waals surface area contributed by atoms with Crippen LogP contribution in [0.2, 0.25) is 0 Å². The molecule has 8 heavy (non-hydrogen) atoms. The molecule has 0 unspecified atom stereocenters. The number of nitrogens with one attached hydrogen (secondary N) is 1. The van der Waals surface area contributed by atoms with E-state index in [0.717, 1.165) is 13.0 Å². The zero-order chi connectivity index (χ0) is 5.98. The van der Waals surface area contributed by atoms with Gasteiger partial charge in [0, 0.05) is 6.54 Å². The maximum absolute atomic E-state index is 9.99. The molecular weight excluding hydrogens is 106 g/mol. The number of rotatable bonds is 0. The van der Waals surface area contributed by atoms with Gasteiger partial charge in [-0.1, -0.05) is 0 Å². The summed E-state index contributed by atoms with van der Waals surface area (Å²) < 4.78 is 0. The molecule has 0 aromatic heterocycles. The van der Waals surface area contributed by atoms with Crippen molar-refractivity contribution in [2.45, 2.75) is 12.8 Å². The summed E-state index contributed by atoms with van der Waals surface area (Å²) >= 11 is 0. The van der Waals surface area contributed by atoms with Crippen molar-refractivity contribution < 1.29 is 10.2 Å². The van der Waals surface area contributed by atoms with Crippen LogP contribution in [0, 0.1) is 0 Å². The van der Waals surface area contributed by atoms with Crippen molar-refractivity contribution in [2.24, 2.45) is 0 Å². The lowest BCUT2D eigenvalue weighted by molar-refractivity contribution is -0.515. The van der Waals surface area contributed by atoms with Gasteiger partial charge in [-0.05, 0) is 18.5 Å². The molecule has 1 rings (SSSR count). The second-order valence-corrected chi connectivity index (χ2v) is 1.80. The van der Waals surface area contributed by atoms with Gasteiger partial charge in [0.2, 0.25) is 0 Å². The Hall–Kier alpha value is -0.860. The Morgan fingerprint density at radius 3 is 2.50 bits per heavy atom. The van der Waals surface area contributed by atoms with Crippen LogP contribution in [-0.2, 0) is 0 Å². The first-order valence-electron chi connectivity index (χ1n) is 2.62. The van der Waals surface area contributed by atoms with Gasteiger partial charge in [0.05, 0.1) is 0 Å². The zero-order valence-electron chi connectivity index (χ0n) is 4.44. The average Bonchev–Trinajstić information content (AvgIpc) is 2.12. The number of allylic oxidation sites excluding steroid dienone is 1. The van der Waals surface area contributed by atoms with E-state index in [1.165, 1.54) is 0 Å². The Morgan fingerprint density at radius 2 is 2.25 bits per heavy atom. The second-order valence-electron chi connectivity index (χ2n) is 1.80. The molecular formula is C5H7NO2-2. The van der Waals surface area contributed by atoms with Gasteiger partial charge < -0.3 is 15.5 Å². The van der Waals surface area contributed by atoms with Crippen molar-refractivity contribution in [1.29, 1.82) is 0 Å². The van der Waals surface area contributed by atoms with Crippen molar-refractivity contribution in [3.63, 3.8) is 0 Å². The summed E-state index contributed by atoms with van der Waals surface area (Å²) in [4.78, 5) is 0. The van der Waals surface area contributed by atoms with Crippen LogP contribution in [0.3, 0.4) is 0 Å². The highest BCUT2D eigenvalue weighted by atomic mass is 16.5. The summed E-state index contributed by atoms with van der Waals surface area (Å²) in [6.45, 7) is 0.781. The summed E-state index contributed by atoms with van der Waals surface area (Å²) in [5.74, 6) is -1.05. The molecule has 3 heteroatoms. The fraction of sp³-hybridized carbons (Fsp3) is 0.600. The first kappa shape index (κ1) is 5.28. The smallest absolute Gasteiger partial charge is 0.0147 e. The molecule has 0 aromatic rings. The van der Waals surface area contributed by atoms with Gasteiger partial charge in [-0.2, -0.15) is 5.95 Å². The summed E-state index contributed by atoms with van der Waals surface area (Å²) in [6.07, 6.45) is 1.56. The van der Waals surface area contributed by atoms with Crippen LogP contribution in [0.25, 0.3) is 0 Å². The van der Waals surface area contributed by atoms with E-state index in [2.05, 4.69) is 5.32 Å². The highest BCUT2D eigenvalue weighted by molar-refractivity contribution is 5.01. The van der Waals surface area contributed by atoms with Crippen molar-refractivity contribution in [3.05, 3.63) is 11.6 Å². The monoisotopic (exact) mass is 113 g/mol. The number of hydrogen-bond acceptors (Lipinski definition) is 3. The SMILES string of the molecule is [O-]C([O-])=C1CCCN1. The molecule has 1 heterocycles. The van der Waals surface area contributed by atoms with Crippen LogP contribution >= 0.6 is 0 Å². The molecule has 1 N–H and O–H groups in total. The minimum Gasteiger partial charge on any atom is -0.883 e. The topological polar surface area (TPSA) is 58.1 Å². The molecule has 1 aliphatic rings. The van der Waals surface area contributed by atoms with Gasteiger partial charge in [0.25, 0.3) is 0 Å². The van der Waals surface area contributed by atoms with Gasteiger partial charge in [-0.25, -0.2) is 0 Å². The molecule has 0 atom stereocenters. The first-order chi connectivity index (χ1) is 3.80. The van der Waals surface area contributed by atoms with Crippen LogP contribution in [0.15, 0.2) is 11.6 Å². The minimum absolute atomic E-state index is 0.352. The fourth-order valence-electron chi connectivity index (χ4n) is 0.767. The van der Waals surface area contributed by atoms with E-state index in [4.69, 9.17) is 0 Å².